The van der Waals surface area contributed by atoms with Gasteiger partial charge in [0.25, 0.3) is 5.91 Å². The van der Waals surface area contributed by atoms with Crippen molar-refractivity contribution in [3.8, 4) is 11.5 Å². The molecule has 2 aliphatic heterocycles. The summed E-state index contributed by atoms with van der Waals surface area (Å²) in [5.74, 6) is 1.46. The summed E-state index contributed by atoms with van der Waals surface area (Å²) in [6.45, 7) is 1.05. The van der Waals surface area contributed by atoms with Crippen molar-refractivity contribution in [2.45, 2.75) is 24.9 Å². The zero-order valence-electron chi connectivity index (χ0n) is 14.3. The number of ketones is 1. The molecular weight excluding hydrogens is 402 g/mol. The number of rotatable bonds is 2. The van der Waals surface area contributed by atoms with Gasteiger partial charge in [-0.3, -0.25) is 9.59 Å². The Morgan fingerprint density at radius 2 is 2.00 bits per heavy atom. The molecule has 0 radical (unpaired) electrons. The van der Waals surface area contributed by atoms with Crippen LogP contribution in [0.15, 0.2) is 39.4 Å². The van der Waals surface area contributed by atoms with E-state index >= 15 is 0 Å². The third kappa shape index (κ3) is 3.00. The van der Waals surface area contributed by atoms with E-state index in [-0.39, 0.29) is 11.7 Å². The first-order valence-electron chi connectivity index (χ1n) is 8.45. The first-order chi connectivity index (χ1) is 12.5. The summed E-state index contributed by atoms with van der Waals surface area (Å²) in [6, 6.07) is 8.65. The number of nitrogens with zero attached hydrogens (tertiary/aromatic N) is 1. The molecule has 7 heteroatoms. The summed E-state index contributed by atoms with van der Waals surface area (Å²) in [7, 11) is 1.57. The average Bonchev–Trinajstić information content (AvgIpc) is 3.08. The van der Waals surface area contributed by atoms with Crippen LogP contribution in [-0.2, 0) is 0 Å². The fraction of sp³-hybridized carbons (Fsp3) is 0.368. The lowest BCUT2D eigenvalue weighted by molar-refractivity contribution is -0.00650. The fourth-order valence-corrected chi connectivity index (χ4v) is 3.89. The van der Waals surface area contributed by atoms with Gasteiger partial charge in [-0.05, 0) is 46.3 Å². The molecule has 1 amide bonds. The van der Waals surface area contributed by atoms with Gasteiger partial charge in [-0.15, -0.1) is 0 Å². The number of carbonyl (C=O) groups is 2. The topological polar surface area (TPSA) is 69.0 Å². The van der Waals surface area contributed by atoms with Crippen LogP contribution < -0.4 is 9.47 Å². The zero-order chi connectivity index (χ0) is 18.3. The second-order valence-electron chi connectivity index (χ2n) is 6.64. The first kappa shape index (κ1) is 17.1. The van der Waals surface area contributed by atoms with Gasteiger partial charge in [0, 0.05) is 25.9 Å². The molecule has 1 spiro atoms. The second kappa shape index (κ2) is 6.46. The van der Waals surface area contributed by atoms with Gasteiger partial charge in [0.15, 0.2) is 16.2 Å². The molecule has 26 heavy (non-hydrogen) atoms. The number of amides is 1. The summed E-state index contributed by atoms with van der Waals surface area (Å²) in [4.78, 5) is 26.9. The van der Waals surface area contributed by atoms with E-state index in [9.17, 15) is 9.59 Å². The number of likely N-dealkylation sites (tertiary alicyclic amines) is 1. The van der Waals surface area contributed by atoms with Gasteiger partial charge in [0.05, 0.1) is 19.1 Å². The van der Waals surface area contributed by atoms with Crippen LogP contribution >= 0.6 is 15.9 Å². The number of Topliss-reactive ketones (excluding diaryl/α,β-unsaturated/α-hetero) is 1. The van der Waals surface area contributed by atoms with Crippen LogP contribution in [0.4, 0.5) is 0 Å². The quantitative estimate of drug-likeness (QED) is 0.742. The molecule has 2 aromatic rings. The minimum Gasteiger partial charge on any atom is -0.497 e. The molecular formula is C19H18BrNO5. The van der Waals surface area contributed by atoms with Crippen molar-refractivity contribution < 1.29 is 23.5 Å². The lowest BCUT2D eigenvalue weighted by Gasteiger charge is -2.43. The number of fused-ring (bicyclic) bond motifs is 1. The lowest BCUT2D eigenvalue weighted by Crippen LogP contribution is -2.52. The van der Waals surface area contributed by atoms with Gasteiger partial charge >= 0.3 is 0 Å². The fourth-order valence-electron chi connectivity index (χ4n) is 3.58. The van der Waals surface area contributed by atoms with Crippen LogP contribution in [0, 0.1) is 0 Å². The zero-order valence-corrected chi connectivity index (χ0v) is 15.9. The number of methoxy groups -OCH3 is 1. The summed E-state index contributed by atoms with van der Waals surface area (Å²) >= 11 is 3.21. The van der Waals surface area contributed by atoms with Crippen LogP contribution in [0.2, 0.25) is 0 Å². The van der Waals surface area contributed by atoms with E-state index in [0.29, 0.717) is 59.8 Å². The number of furan rings is 1. The van der Waals surface area contributed by atoms with Gasteiger partial charge in [-0.2, -0.15) is 0 Å². The predicted octanol–water partition coefficient (Wildman–Crippen LogP) is 3.69. The molecule has 0 N–H and O–H groups in total. The Balaban J connectivity index is 1.48. The molecule has 1 fully saturated rings. The second-order valence-corrected chi connectivity index (χ2v) is 7.42. The van der Waals surface area contributed by atoms with E-state index in [1.54, 1.807) is 42.3 Å². The molecule has 3 heterocycles. The van der Waals surface area contributed by atoms with E-state index in [1.807, 2.05) is 0 Å². The number of benzene rings is 1. The largest absolute Gasteiger partial charge is 0.497 e. The molecule has 0 atom stereocenters. The Morgan fingerprint density at radius 1 is 1.23 bits per heavy atom. The molecule has 1 aromatic heterocycles. The van der Waals surface area contributed by atoms with Crippen LogP contribution in [-0.4, -0.2) is 42.4 Å². The minimum atomic E-state index is -0.542. The van der Waals surface area contributed by atoms with Gasteiger partial charge in [-0.25, -0.2) is 0 Å². The first-order valence-corrected chi connectivity index (χ1v) is 9.24. The highest BCUT2D eigenvalue weighted by molar-refractivity contribution is 9.10. The molecule has 4 rings (SSSR count). The van der Waals surface area contributed by atoms with Crippen molar-refractivity contribution in [3.05, 3.63) is 46.3 Å². The maximum absolute atomic E-state index is 12.6. The number of hydrogen-bond donors (Lipinski definition) is 0. The van der Waals surface area contributed by atoms with E-state index in [4.69, 9.17) is 13.9 Å². The normalized spacial score (nSPS) is 18.4. The number of piperidine rings is 1. The smallest absolute Gasteiger partial charge is 0.289 e. The molecule has 136 valence electrons. The average molecular weight is 420 g/mol. The van der Waals surface area contributed by atoms with Crippen LogP contribution in [0.5, 0.6) is 11.5 Å². The predicted molar refractivity (Wildman–Crippen MR) is 96.8 cm³/mol. The number of hydrogen-bond acceptors (Lipinski definition) is 5. The van der Waals surface area contributed by atoms with Gasteiger partial charge < -0.3 is 18.8 Å². The minimum absolute atomic E-state index is 0.0555. The van der Waals surface area contributed by atoms with Crippen molar-refractivity contribution in [1.29, 1.82) is 0 Å². The van der Waals surface area contributed by atoms with E-state index in [1.165, 1.54) is 0 Å². The molecule has 0 saturated carbocycles. The van der Waals surface area contributed by atoms with Crippen LogP contribution in [0.3, 0.4) is 0 Å². The van der Waals surface area contributed by atoms with Gasteiger partial charge in [0.1, 0.15) is 17.1 Å². The Morgan fingerprint density at radius 3 is 2.65 bits per heavy atom. The Bertz CT molecular complexity index is 867. The maximum Gasteiger partial charge on any atom is 0.289 e. The standard InChI is InChI=1S/C19H18BrNO5/c1-24-12-2-3-15-13(10-12)14(22)11-19(26-15)6-8-21(9-7-19)18(23)16-4-5-17(20)25-16/h2-5,10H,6-9,11H2,1H3. The van der Waals surface area contributed by atoms with Crippen LogP contribution in [0.25, 0.3) is 0 Å². The molecule has 1 saturated heterocycles. The Kier molecular flexibility index (Phi) is 4.26. The molecule has 0 aliphatic carbocycles. The SMILES string of the molecule is COc1ccc2c(c1)C(=O)CC1(CCN(C(=O)c3ccc(Br)o3)CC1)O2. The van der Waals surface area contributed by atoms with E-state index in [2.05, 4.69) is 15.9 Å². The maximum atomic E-state index is 12.6. The lowest BCUT2D eigenvalue weighted by atomic mass is 9.82. The van der Waals surface area contributed by atoms with Crippen LogP contribution in [0.1, 0.15) is 40.2 Å². The van der Waals surface area contributed by atoms with Crippen molar-refractivity contribution in [2.75, 3.05) is 20.2 Å². The Labute approximate surface area is 159 Å². The molecule has 0 unspecified atom stereocenters. The Hall–Kier alpha value is -2.28. The number of ether oxygens (including phenoxy) is 2. The van der Waals surface area contributed by atoms with Gasteiger partial charge in [0.2, 0.25) is 0 Å². The third-order valence-electron chi connectivity index (χ3n) is 5.04. The summed E-state index contributed by atoms with van der Waals surface area (Å²) in [5, 5.41) is 0. The summed E-state index contributed by atoms with van der Waals surface area (Å²) in [5.41, 5.74) is 0.0214. The number of halogens is 1. The van der Waals surface area contributed by atoms with Crippen molar-refractivity contribution >= 4 is 27.6 Å². The summed E-state index contributed by atoms with van der Waals surface area (Å²) in [6.07, 6.45) is 1.54. The molecule has 0 bridgehead atoms. The highest BCUT2D eigenvalue weighted by atomic mass is 79.9. The van der Waals surface area contributed by atoms with Crippen molar-refractivity contribution in [1.82, 2.24) is 4.90 Å². The molecule has 1 aromatic carbocycles. The highest BCUT2D eigenvalue weighted by Gasteiger charge is 2.44. The van der Waals surface area contributed by atoms with Crippen molar-refractivity contribution in [2.24, 2.45) is 0 Å². The van der Waals surface area contributed by atoms with E-state index in [0.717, 1.165) is 0 Å². The molecule has 2 aliphatic rings. The van der Waals surface area contributed by atoms with E-state index < -0.39 is 5.60 Å². The highest BCUT2D eigenvalue weighted by Crippen LogP contribution is 2.40. The monoisotopic (exact) mass is 419 g/mol. The summed E-state index contributed by atoms with van der Waals surface area (Å²) < 4.78 is 17.3. The number of carbonyl (C=O) groups excluding carboxylic acids is 2. The van der Waals surface area contributed by atoms with Gasteiger partial charge in [-0.1, -0.05) is 0 Å². The molecule has 6 nitrogen and oxygen atoms in total. The van der Waals surface area contributed by atoms with Crippen molar-refractivity contribution in [3.63, 3.8) is 0 Å². The third-order valence-corrected chi connectivity index (χ3v) is 5.47.